The van der Waals surface area contributed by atoms with E-state index in [-0.39, 0.29) is 12.0 Å². The van der Waals surface area contributed by atoms with Gasteiger partial charge in [0.15, 0.2) is 0 Å². The van der Waals surface area contributed by atoms with Gasteiger partial charge in [-0.05, 0) is 11.8 Å². The summed E-state index contributed by atoms with van der Waals surface area (Å²) < 4.78 is 23.7. The third kappa shape index (κ3) is 2.42. The molecule has 0 aliphatic carbocycles. The number of β-amino-alcohol motifs (C(OH)–C–C–N with tert-alkyl or cyclic N) is 1. The Bertz CT molecular complexity index is 284. The summed E-state index contributed by atoms with van der Waals surface area (Å²) in [5.74, 6) is 0. The van der Waals surface area contributed by atoms with E-state index in [0.29, 0.717) is 13.0 Å². The first-order valence-corrected chi connectivity index (χ1v) is 6.21. The number of piperidine rings is 1. The van der Waals surface area contributed by atoms with Gasteiger partial charge in [0.1, 0.15) is 0 Å². The Balaban J connectivity index is 2.73. The SMILES string of the molecule is CC1(C)CCN(S(C)(=O)=O)CC1O. The molecule has 1 aliphatic heterocycles. The van der Waals surface area contributed by atoms with Crippen LogP contribution in [0.4, 0.5) is 0 Å². The summed E-state index contributed by atoms with van der Waals surface area (Å²) in [6.45, 7) is 4.66. The number of nitrogens with zero attached hydrogens (tertiary/aromatic N) is 1. The molecule has 1 aliphatic rings. The fourth-order valence-electron chi connectivity index (χ4n) is 1.41. The number of aliphatic hydroxyl groups excluding tert-OH is 1. The maximum atomic E-state index is 11.2. The van der Waals surface area contributed by atoms with Crippen LogP contribution in [0.2, 0.25) is 0 Å². The maximum absolute atomic E-state index is 11.2. The molecule has 78 valence electrons. The molecule has 0 saturated carbocycles. The lowest BCUT2D eigenvalue weighted by Crippen LogP contribution is -2.49. The topological polar surface area (TPSA) is 57.6 Å². The fourth-order valence-corrected chi connectivity index (χ4v) is 2.25. The molecule has 1 unspecified atom stereocenters. The molecule has 1 fully saturated rings. The van der Waals surface area contributed by atoms with Crippen LogP contribution in [0.1, 0.15) is 20.3 Å². The zero-order valence-corrected chi connectivity index (χ0v) is 9.13. The molecule has 13 heavy (non-hydrogen) atoms. The van der Waals surface area contributed by atoms with Crippen LogP contribution in [0.3, 0.4) is 0 Å². The lowest BCUT2D eigenvalue weighted by atomic mass is 9.81. The van der Waals surface area contributed by atoms with Crippen molar-refractivity contribution >= 4 is 10.0 Å². The summed E-state index contributed by atoms with van der Waals surface area (Å²) in [4.78, 5) is 0. The van der Waals surface area contributed by atoms with Gasteiger partial charge < -0.3 is 5.11 Å². The highest BCUT2D eigenvalue weighted by atomic mass is 32.2. The number of hydrogen-bond acceptors (Lipinski definition) is 3. The Hall–Kier alpha value is -0.130. The van der Waals surface area contributed by atoms with Crippen molar-refractivity contribution in [3.05, 3.63) is 0 Å². The summed E-state index contributed by atoms with van der Waals surface area (Å²) in [7, 11) is -3.14. The highest BCUT2D eigenvalue weighted by Gasteiger charge is 2.36. The first kappa shape index (κ1) is 10.9. The monoisotopic (exact) mass is 207 g/mol. The van der Waals surface area contributed by atoms with Crippen molar-refractivity contribution in [3.8, 4) is 0 Å². The molecule has 1 heterocycles. The van der Waals surface area contributed by atoms with Gasteiger partial charge in [0.2, 0.25) is 10.0 Å². The molecule has 0 amide bonds. The zero-order chi connectivity index (χ0) is 10.3. The average molecular weight is 207 g/mol. The van der Waals surface area contributed by atoms with Crippen molar-refractivity contribution in [2.45, 2.75) is 26.4 Å². The van der Waals surface area contributed by atoms with E-state index in [9.17, 15) is 13.5 Å². The van der Waals surface area contributed by atoms with Crippen LogP contribution in [0.25, 0.3) is 0 Å². The van der Waals surface area contributed by atoms with Crippen LogP contribution in [0.5, 0.6) is 0 Å². The molecule has 1 rings (SSSR count). The van der Waals surface area contributed by atoms with Crippen LogP contribution in [0, 0.1) is 5.41 Å². The molecule has 0 bridgehead atoms. The molecular weight excluding hydrogens is 190 g/mol. The highest BCUT2D eigenvalue weighted by Crippen LogP contribution is 2.30. The van der Waals surface area contributed by atoms with Crippen molar-refractivity contribution in [1.82, 2.24) is 4.31 Å². The number of rotatable bonds is 1. The Morgan fingerprint density at radius 2 is 2.00 bits per heavy atom. The number of sulfonamides is 1. The van der Waals surface area contributed by atoms with E-state index in [2.05, 4.69) is 0 Å². The van der Waals surface area contributed by atoms with E-state index < -0.39 is 16.1 Å². The van der Waals surface area contributed by atoms with E-state index in [1.54, 1.807) is 0 Å². The molecule has 1 N–H and O–H groups in total. The first-order valence-electron chi connectivity index (χ1n) is 4.37. The van der Waals surface area contributed by atoms with E-state index in [1.807, 2.05) is 13.8 Å². The van der Waals surface area contributed by atoms with Crippen LogP contribution in [-0.2, 0) is 10.0 Å². The van der Waals surface area contributed by atoms with Gasteiger partial charge in [-0.1, -0.05) is 13.8 Å². The molecule has 1 saturated heterocycles. The first-order chi connectivity index (χ1) is 5.73. The molecular formula is C8H17NO3S. The molecule has 1 atom stereocenters. The largest absolute Gasteiger partial charge is 0.391 e. The van der Waals surface area contributed by atoms with Gasteiger partial charge in [-0.15, -0.1) is 0 Å². The summed E-state index contributed by atoms with van der Waals surface area (Å²) in [5, 5.41) is 9.66. The van der Waals surface area contributed by atoms with Gasteiger partial charge in [0.05, 0.1) is 12.4 Å². The average Bonchev–Trinajstić information content (AvgIpc) is 1.92. The smallest absolute Gasteiger partial charge is 0.211 e. The van der Waals surface area contributed by atoms with Gasteiger partial charge in [-0.2, -0.15) is 4.31 Å². The van der Waals surface area contributed by atoms with Gasteiger partial charge in [-0.3, -0.25) is 0 Å². The third-order valence-corrected chi connectivity index (χ3v) is 4.02. The fraction of sp³-hybridized carbons (Fsp3) is 1.00. The summed E-state index contributed by atoms with van der Waals surface area (Å²) >= 11 is 0. The van der Waals surface area contributed by atoms with Crippen molar-refractivity contribution in [1.29, 1.82) is 0 Å². The van der Waals surface area contributed by atoms with Gasteiger partial charge in [0.25, 0.3) is 0 Å². The molecule has 0 radical (unpaired) electrons. The maximum Gasteiger partial charge on any atom is 0.211 e. The molecule has 0 aromatic carbocycles. The summed E-state index contributed by atoms with van der Waals surface area (Å²) in [6.07, 6.45) is 1.33. The van der Waals surface area contributed by atoms with Crippen molar-refractivity contribution in [2.75, 3.05) is 19.3 Å². The predicted molar refractivity (Wildman–Crippen MR) is 50.8 cm³/mol. The van der Waals surface area contributed by atoms with Gasteiger partial charge >= 0.3 is 0 Å². The van der Waals surface area contributed by atoms with E-state index in [1.165, 1.54) is 10.6 Å². The second kappa shape index (κ2) is 3.22. The Morgan fingerprint density at radius 3 is 2.38 bits per heavy atom. The van der Waals surface area contributed by atoms with Crippen molar-refractivity contribution in [2.24, 2.45) is 5.41 Å². The minimum absolute atomic E-state index is 0.165. The molecule has 4 nitrogen and oxygen atoms in total. The Kier molecular flexibility index (Phi) is 2.71. The summed E-state index contributed by atoms with van der Waals surface area (Å²) in [6, 6.07) is 0. The third-order valence-electron chi connectivity index (χ3n) is 2.75. The standard InChI is InChI=1S/C8H17NO3S/c1-8(2)4-5-9(6-7(8)10)13(3,11)12/h7,10H,4-6H2,1-3H3. The summed E-state index contributed by atoms with van der Waals surface area (Å²) in [5.41, 5.74) is -0.165. The molecule has 5 heteroatoms. The minimum atomic E-state index is -3.14. The van der Waals surface area contributed by atoms with Crippen LogP contribution >= 0.6 is 0 Å². The Labute approximate surface area is 79.6 Å². The van der Waals surface area contributed by atoms with Crippen LogP contribution < -0.4 is 0 Å². The molecule has 0 aromatic rings. The normalized spacial score (nSPS) is 30.3. The van der Waals surface area contributed by atoms with E-state index in [4.69, 9.17) is 0 Å². The number of aliphatic hydroxyl groups is 1. The second-order valence-corrected chi connectivity index (χ2v) is 6.36. The lowest BCUT2D eigenvalue weighted by molar-refractivity contribution is -0.000514. The van der Waals surface area contributed by atoms with Crippen LogP contribution in [-0.4, -0.2) is 43.3 Å². The molecule has 0 spiro atoms. The minimum Gasteiger partial charge on any atom is -0.391 e. The highest BCUT2D eigenvalue weighted by molar-refractivity contribution is 7.88. The van der Waals surface area contributed by atoms with Crippen LogP contribution in [0.15, 0.2) is 0 Å². The predicted octanol–water partition coefficient (Wildman–Crippen LogP) is 0.0388. The molecule has 0 aromatic heterocycles. The van der Waals surface area contributed by atoms with Gasteiger partial charge in [0, 0.05) is 13.1 Å². The quantitative estimate of drug-likeness (QED) is 0.660. The number of hydrogen-bond donors (Lipinski definition) is 1. The van der Waals surface area contributed by atoms with Gasteiger partial charge in [-0.25, -0.2) is 8.42 Å². The van der Waals surface area contributed by atoms with E-state index in [0.717, 1.165) is 0 Å². The van der Waals surface area contributed by atoms with Crippen molar-refractivity contribution in [3.63, 3.8) is 0 Å². The zero-order valence-electron chi connectivity index (χ0n) is 8.32. The van der Waals surface area contributed by atoms with Crippen molar-refractivity contribution < 1.29 is 13.5 Å². The van der Waals surface area contributed by atoms with E-state index >= 15 is 0 Å². The second-order valence-electron chi connectivity index (χ2n) is 4.38. The Morgan fingerprint density at radius 1 is 1.46 bits per heavy atom. The lowest BCUT2D eigenvalue weighted by Gasteiger charge is -2.39.